The number of nitrogens with two attached hydrogens (primary N) is 3. The highest BCUT2D eigenvalue weighted by Crippen LogP contribution is 2.07. The van der Waals surface area contributed by atoms with E-state index in [9.17, 15) is 34.2 Å². The molecular weight excluding hydrogens is 498 g/mol. The second-order valence-electron chi connectivity index (χ2n) is 7.95. The lowest BCUT2D eigenvalue weighted by Crippen LogP contribution is -2.58. The number of aliphatic carboxylic acids is 2. The maximum atomic E-state index is 12.9. The topological polar surface area (TPSA) is 273 Å². The third-order valence-electron chi connectivity index (χ3n) is 4.91. The second-order valence-corrected chi connectivity index (χ2v) is 8.94. The molecule has 5 atom stereocenters. The molecule has 36 heavy (non-hydrogen) atoms. The number of aliphatic hydroxyl groups is 1. The first kappa shape index (κ1) is 32.9. The fourth-order valence-electron chi connectivity index (χ4n) is 2.83. The number of hydrogen-bond donors (Lipinski definition) is 9. The van der Waals surface area contributed by atoms with Crippen molar-refractivity contribution in [3.05, 3.63) is 0 Å². The molecule has 0 aliphatic rings. The van der Waals surface area contributed by atoms with Gasteiger partial charge in [-0.25, -0.2) is 4.79 Å². The number of carboxylic acid groups (broad SMARTS) is 2. The Labute approximate surface area is 213 Å². The molecule has 5 unspecified atom stereocenters. The van der Waals surface area contributed by atoms with Crippen LogP contribution in [0.2, 0.25) is 0 Å². The minimum absolute atomic E-state index is 0.0267. The standard InChI is InChI=1S/C20H37N7O8S/c1-10(28)15(21)18(33)26-12(7-9-36-2)17(32)25-11(5-6-14(29)30)16(31)27-13(19(34)35)4-3-8-24-20(22)23/h10-13,15,28H,3-9,21H2,1-2H3,(H,25,32)(H,26,33)(H,27,31)(H,29,30)(H,34,35)(H4,22,23,24). The highest BCUT2D eigenvalue weighted by Gasteiger charge is 2.31. The Balaban J connectivity index is 5.51. The van der Waals surface area contributed by atoms with Gasteiger partial charge < -0.3 is 48.5 Å². The number of amides is 3. The fourth-order valence-corrected chi connectivity index (χ4v) is 3.31. The lowest BCUT2D eigenvalue weighted by Gasteiger charge is -2.25. The van der Waals surface area contributed by atoms with Crippen molar-refractivity contribution in [2.45, 2.75) is 69.3 Å². The number of rotatable bonds is 18. The van der Waals surface area contributed by atoms with E-state index in [-0.39, 0.29) is 38.2 Å². The van der Waals surface area contributed by atoms with Crippen LogP contribution in [-0.2, 0) is 24.0 Å². The Morgan fingerprint density at radius 3 is 1.89 bits per heavy atom. The first-order valence-corrected chi connectivity index (χ1v) is 12.5. The molecule has 0 aliphatic carbocycles. The molecule has 0 radical (unpaired) electrons. The molecule has 0 saturated heterocycles. The van der Waals surface area contributed by atoms with Gasteiger partial charge in [0, 0.05) is 13.0 Å². The number of thioether (sulfide) groups is 1. The fraction of sp³-hybridized carbons (Fsp3) is 0.700. The van der Waals surface area contributed by atoms with Gasteiger partial charge in [-0.3, -0.25) is 24.2 Å². The predicted molar refractivity (Wildman–Crippen MR) is 133 cm³/mol. The summed E-state index contributed by atoms with van der Waals surface area (Å²) in [6.45, 7) is 1.44. The predicted octanol–water partition coefficient (Wildman–Crippen LogP) is -3.09. The van der Waals surface area contributed by atoms with Gasteiger partial charge in [0.05, 0.1) is 6.10 Å². The molecule has 15 nitrogen and oxygen atoms in total. The summed E-state index contributed by atoms with van der Waals surface area (Å²) >= 11 is 1.39. The van der Waals surface area contributed by atoms with Gasteiger partial charge >= 0.3 is 11.9 Å². The van der Waals surface area contributed by atoms with Crippen molar-refractivity contribution in [1.82, 2.24) is 16.0 Å². The molecular formula is C20H37N7O8S. The van der Waals surface area contributed by atoms with Crippen LogP contribution in [0.5, 0.6) is 0 Å². The number of aliphatic hydroxyl groups excluding tert-OH is 1. The van der Waals surface area contributed by atoms with Crippen molar-refractivity contribution in [2.75, 3.05) is 18.6 Å². The molecule has 0 aromatic heterocycles. The summed E-state index contributed by atoms with van der Waals surface area (Å²) < 4.78 is 0. The first-order chi connectivity index (χ1) is 16.8. The van der Waals surface area contributed by atoms with Gasteiger partial charge in [-0.1, -0.05) is 0 Å². The zero-order valence-electron chi connectivity index (χ0n) is 20.3. The van der Waals surface area contributed by atoms with Crippen molar-refractivity contribution in [3.8, 4) is 0 Å². The molecule has 3 amide bonds. The van der Waals surface area contributed by atoms with Crippen molar-refractivity contribution in [1.29, 1.82) is 0 Å². The molecule has 0 aromatic rings. The highest BCUT2D eigenvalue weighted by atomic mass is 32.2. The third kappa shape index (κ3) is 13.7. The number of carboxylic acids is 2. The van der Waals surface area contributed by atoms with Gasteiger partial charge in [-0.2, -0.15) is 11.8 Å². The number of hydrogen-bond acceptors (Lipinski definition) is 9. The Kier molecular flexibility index (Phi) is 15.8. The van der Waals surface area contributed by atoms with Crippen molar-refractivity contribution < 1.29 is 39.3 Å². The van der Waals surface area contributed by atoms with Crippen LogP contribution >= 0.6 is 11.8 Å². The van der Waals surface area contributed by atoms with Gasteiger partial charge in [0.25, 0.3) is 0 Å². The summed E-state index contributed by atoms with van der Waals surface area (Å²) in [6.07, 6.45) is 0.137. The number of nitrogens with one attached hydrogen (secondary N) is 3. The first-order valence-electron chi connectivity index (χ1n) is 11.1. The normalized spacial score (nSPS) is 14.9. The number of nitrogens with zero attached hydrogens (tertiary/aromatic N) is 1. The van der Waals surface area contributed by atoms with E-state index in [1.807, 2.05) is 0 Å². The average molecular weight is 536 g/mol. The molecule has 0 rings (SSSR count). The van der Waals surface area contributed by atoms with E-state index < -0.39 is 66.4 Å². The summed E-state index contributed by atoms with van der Waals surface area (Å²) in [5, 5.41) is 35.1. The summed E-state index contributed by atoms with van der Waals surface area (Å²) in [4.78, 5) is 64.3. The monoisotopic (exact) mass is 535 g/mol. The van der Waals surface area contributed by atoms with Crippen LogP contribution in [0, 0.1) is 0 Å². The Hall–Kier alpha value is -3.11. The summed E-state index contributed by atoms with van der Waals surface area (Å²) in [7, 11) is 0. The number of carbonyl (C=O) groups is 5. The quantitative estimate of drug-likeness (QED) is 0.0479. The van der Waals surface area contributed by atoms with Gasteiger partial charge in [0.15, 0.2) is 5.96 Å². The largest absolute Gasteiger partial charge is 0.481 e. The van der Waals surface area contributed by atoms with Crippen LogP contribution in [0.4, 0.5) is 0 Å². The molecule has 12 N–H and O–H groups in total. The van der Waals surface area contributed by atoms with Gasteiger partial charge in [0.2, 0.25) is 17.7 Å². The van der Waals surface area contributed by atoms with E-state index >= 15 is 0 Å². The van der Waals surface area contributed by atoms with E-state index in [0.29, 0.717) is 5.75 Å². The Bertz CT molecular complexity index is 792. The van der Waals surface area contributed by atoms with Crippen molar-refractivity contribution >= 4 is 47.4 Å². The molecule has 206 valence electrons. The minimum atomic E-state index is -1.40. The lowest BCUT2D eigenvalue weighted by atomic mass is 10.1. The maximum absolute atomic E-state index is 12.9. The highest BCUT2D eigenvalue weighted by molar-refractivity contribution is 7.98. The maximum Gasteiger partial charge on any atom is 0.326 e. The number of aliphatic imine (C=N–C) groups is 1. The minimum Gasteiger partial charge on any atom is -0.481 e. The summed E-state index contributed by atoms with van der Waals surface area (Å²) in [5.74, 6) is -4.78. The molecule has 0 aromatic carbocycles. The molecule has 0 aliphatic heterocycles. The second kappa shape index (κ2) is 17.3. The lowest BCUT2D eigenvalue weighted by molar-refractivity contribution is -0.143. The van der Waals surface area contributed by atoms with Crippen molar-refractivity contribution in [3.63, 3.8) is 0 Å². The molecule has 0 fully saturated rings. The van der Waals surface area contributed by atoms with Crippen LogP contribution < -0.4 is 33.2 Å². The van der Waals surface area contributed by atoms with E-state index in [0.717, 1.165) is 0 Å². The van der Waals surface area contributed by atoms with Crippen LogP contribution in [0.1, 0.15) is 39.0 Å². The summed E-state index contributed by atoms with van der Waals surface area (Å²) in [5.41, 5.74) is 16.0. The van der Waals surface area contributed by atoms with Crippen LogP contribution in [-0.4, -0.2) is 99.8 Å². The molecule has 16 heteroatoms. The van der Waals surface area contributed by atoms with E-state index in [4.69, 9.17) is 22.3 Å². The van der Waals surface area contributed by atoms with Crippen LogP contribution in [0.15, 0.2) is 4.99 Å². The van der Waals surface area contributed by atoms with Crippen LogP contribution in [0.25, 0.3) is 0 Å². The van der Waals surface area contributed by atoms with E-state index in [1.54, 1.807) is 6.26 Å². The number of carbonyl (C=O) groups excluding carboxylic acids is 3. The third-order valence-corrected chi connectivity index (χ3v) is 5.55. The van der Waals surface area contributed by atoms with Gasteiger partial charge in [-0.15, -0.1) is 0 Å². The summed E-state index contributed by atoms with van der Waals surface area (Å²) in [6, 6.07) is -5.17. The molecule has 0 spiro atoms. The van der Waals surface area contributed by atoms with E-state index in [2.05, 4.69) is 20.9 Å². The van der Waals surface area contributed by atoms with Crippen LogP contribution in [0.3, 0.4) is 0 Å². The average Bonchev–Trinajstić information content (AvgIpc) is 2.79. The Morgan fingerprint density at radius 2 is 1.42 bits per heavy atom. The smallest absolute Gasteiger partial charge is 0.326 e. The molecule has 0 saturated carbocycles. The zero-order chi connectivity index (χ0) is 27.8. The zero-order valence-corrected chi connectivity index (χ0v) is 21.1. The van der Waals surface area contributed by atoms with Gasteiger partial charge in [0.1, 0.15) is 24.2 Å². The molecule has 0 heterocycles. The molecule has 0 bridgehead atoms. The van der Waals surface area contributed by atoms with Crippen molar-refractivity contribution in [2.24, 2.45) is 22.2 Å². The number of guanidine groups is 1. The van der Waals surface area contributed by atoms with Gasteiger partial charge in [-0.05, 0) is 44.6 Å². The SMILES string of the molecule is CSCCC(NC(=O)C(N)C(C)O)C(=O)NC(CCC(=O)O)C(=O)NC(CCCN=C(N)N)C(=O)O. The Morgan fingerprint density at radius 1 is 0.889 bits per heavy atom. The van der Waals surface area contributed by atoms with E-state index in [1.165, 1.54) is 18.7 Å².